The quantitative estimate of drug-likeness (QED) is 0.837. The van der Waals surface area contributed by atoms with Crippen molar-refractivity contribution in [2.24, 2.45) is 0 Å². The molecule has 1 fully saturated rings. The Morgan fingerprint density at radius 3 is 2.52 bits per heavy atom. The summed E-state index contributed by atoms with van der Waals surface area (Å²) in [4.78, 5) is 3.98. The molecule has 4 nitrogen and oxygen atoms in total. The normalized spacial score (nSPS) is 20.3. The van der Waals surface area contributed by atoms with Crippen molar-refractivity contribution in [2.45, 2.75) is 37.2 Å². The lowest BCUT2D eigenvalue weighted by Gasteiger charge is -2.37. The van der Waals surface area contributed by atoms with E-state index < -0.39 is 11.5 Å². The lowest BCUT2D eigenvalue weighted by Crippen LogP contribution is -2.37. The average molecular weight is 293 g/mol. The Hall–Kier alpha value is -1.95. The number of hydrogen-bond donors (Lipinski definition) is 2. The highest BCUT2D eigenvalue weighted by atomic mass is 19.3. The van der Waals surface area contributed by atoms with Gasteiger partial charge in [0.25, 0.3) is 0 Å². The molecule has 1 aliphatic rings. The van der Waals surface area contributed by atoms with Crippen LogP contribution >= 0.6 is 0 Å². The molecule has 0 atom stereocenters. The molecule has 2 aromatic rings. The number of benzene rings is 1. The second kappa shape index (κ2) is 4.80. The molecule has 3 N–H and O–H groups in total. The molecule has 0 aliphatic heterocycles. The molecule has 0 radical (unpaired) electrons. The van der Waals surface area contributed by atoms with Gasteiger partial charge in [0.05, 0.1) is 17.6 Å². The van der Waals surface area contributed by atoms with Gasteiger partial charge in [0, 0.05) is 36.5 Å². The predicted octanol–water partition coefficient (Wildman–Crippen LogP) is 2.85. The van der Waals surface area contributed by atoms with E-state index in [0.29, 0.717) is 11.3 Å². The molecule has 0 bridgehead atoms. The van der Waals surface area contributed by atoms with Crippen LogP contribution in [0.1, 0.15) is 31.2 Å². The molecule has 1 aromatic heterocycles. The van der Waals surface area contributed by atoms with Gasteiger partial charge < -0.3 is 15.4 Å². The molecule has 3 rings (SSSR count). The number of anilines is 1. The summed E-state index contributed by atoms with van der Waals surface area (Å²) in [6.07, 6.45) is 4.38. The maximum Gasteiger partial charge on any atom is 0.248 e. The van der Waals surface area contributed by atoms with E-state index in [1.807, 2.05) is 0 Å². The number of hydrogen-bond acceptors (Lipinski definition) is 3. The van der Waals surface area contributed by atoms with E-state index >= 15 is 0 Å². The lowest BCUT2D eigenvalue weighted by molar-refractivity contribution is -0.106. The number of imidazole rings is 1. The first-order valence-corrected chi connectivity index (χ1v) is 6.88. The first kappa shape index (κ1) is 14.0. The topological polar surface area (TPSA) is 64.1 Å². The zero-order valence-electron chi connectivity index (χ0n) is 11.5. The highest BCUT2D eigenvalue weighted by molar-refractivity contribution is 5.54. The Labute approximate surface area is 121 Å². The van der Waals surface area contributed by atoms with Gasteiger partial charge in [0.2, 0.25) is 5.92 Å². The number of rotatable bonds is 2. The number of aromatic nitrogens is 2. The van der Waals surface area contributed by atoms with Gasteiger partial charge >= 0.3 is 0 Å². The smallest absolute Gasteiger partial charge is 0.248 e. The zero-order chi connectivity index (χ0) is 15.1. The van der Waals surface area contributed by atoms with Gasteiger partial charge in [0.15, 0.2) is 0 Å². The number of aliphatic hydroxyl groups is 1. The molecule has 1 aromatic carbocycles. The number of alkyl halides is 2. The first-order valence-electron chi connectivity index (χ1n) is 6.88. The van der Waals surface area contributed by atoms with Gasteiger partial charge in [-0.25, -0.2) is 13.8 Å². The minimum Gasteiger partial charge on any atom is -0.399 e. The second-order valence-corrected chi connectivity index (χ2v) is 5.63. The van der Waals surface area contributed by atoms with Gasteiger partial charge in [0.1, 0.15) is 0 Å². The van der Waals surface area contributed by atoms with Crippen molar-refractivity contribution < 1.29 is 13.9 Å². The molecule has 1 saturated carbocycles. The second-order valence-electron chi connectivity index (χ2n) is 5.63. The van der Waals surface area contributed by atoms with Crippen LogP contribution in [-0.4, -0.2) is 20.6 Å². The van der Waals surface area contributed by atoms with Crippen molar-refractivity contribution in [2.75, 3.05) is 5.73 Å². The van der Waals surface area contributed by atoms with Crippen molar-refractivity contribution in [1.29, 1.82) is 0 Å². The van der Waals surface area contributed by atoms with Crippen LogP contribution in [0.25, 0.3) is 5.69 Å². The number of nitrogens with two attached hydrogens (primary N) is 1. The summed E-state index contributed by atoms with van der Waals surface area (Å²) in [6.45, 7) is 0. The summed E-state index contributed by atoms with van der Waals surface area (Å²) in [5.74, 6) is -2.69. The summed E-state index contributed by atoms with van der Waals surface area (Å²) < 4.78 is 28.5. The maximum absolute atomic E-state index is 13.4. The predicted molar refractivity (Wildman–Crippen MR) is 75.3 cm³/mol. The molecule has 21 heavy (non-hydrogen) atoms. The molecule has 0 saturated heterocycles. The summed E-state index contributed by atoms with van der Waals surface area (Å²) >= 11 is 0. The zero-order valence-corrected chi connectivity index (χ0v) is 11.5. The highest BCUT2D eigenvalue weighted by Gasteiger charge is 2.44. The van der Waals surface area contributed by atoms with E-state index in [9.17, 15) is 13.9 Å². The fourth-order valence-electron chi connectivity index (χ4n) is 2.85. The van der Waals surface area contributed by atoms with Crippen LogP contribution in [0.4, 0.5) is 14.5 Å². The van der Waals surface area contributed by atoms with Gasteiger partial charge in [-0.2, -0.15) is 0 Å². The van der Waals surface area contributed by atoms with Crippen molar-refractivity contribution in [3.05, 3.63) is 42.5 Å². The number of halogens is 2. The Balaban J connectivity index is 2.03. The van der Waals surface area contributed by atoms with Crippen molar-refractivity contribution >= 4 is 5.69 Å². The molecule has 6 heteroatoms. The molecule has 1 heterocycles. The molecular weight excluding hydrogens is 276 g/mol. The molecule has 112 valence electrons. The van der Waals surface area contributed by atoms with E-state index in [-0.39, 0.29) is 25.7 Å². The first-order chi connectivity index (χ1) is 9.90. The summed E-state index contributed by atoms with van der Waals surface area (Å²) in [7, 11) is 0. The van der Waals surface area contributed by atoms with Gasteiger partial charge in [-0.15, -0.1) is 0 Å². The van der Waals surface area contributed by atoms with Crippen LogP contribution in [0.3, 0.4) is 0 Å². The monoisotopic (exact) mass is 293 g/mol. The minimum absolute atomic E-state index is 0.0190. The Morgan fingerprint density at radius 2 is 1.90 bits per heavy atom. The van der Waals surface area contributed by atoms with Gasteiger partial charge in [-0.1, -0.05) is 0 Å². The van der Waals surface area contributed by atoms with E-state index in [0.717, 1.165) is 5.69 Å². The Morgan fingerprint density at radius 1 is 1.19 bits per heavy atom. The van der Waals surface area contributed by atoms with Crippen molar-refractivity contribution in [3.8, 4) is 5.69 Å². The van der Waals surface area contributed by atoms with Crippen LogP contribution in [0, 0.1) is 0 Å². The maximum atomic E-state index is 13.4. The Bertz CT molecular complexity index is 630. The van der Waals surface area contributed by atoms with E-state index in [4.69, 9.17) is 5.73 Å². The standard InChI is InChI=1S/C15H17F2N3O/c16-15(17)5-3-14(21,4-6-15)12-9-11(18)1-2-13(12)20-8-7-19-10-20/h1-2,7-10,21H,3-6,18H2. The largest absolute Gasteiger partial charge is 0.399 e. The van der Waals surface area contributed by atoms with Crippen LogP contribution in [0.15, 0.2) is 36.9 Å². The summed E-state index contributed by atoms with van der Waals surface area (Å²) in [5.41, 5.74) is 6.33. The van der Waals surface area contributed by atoms with Crippen LogP contribution < -0.4 is 5.73 Å². The van der Waals surface area contributed by atoms with E-state index in [1.54, 1.807) is 41.5 Å². The Kier molecular flexibility index (Phi) is 3.20. The van der Waals surface area contributed by atoms with E-state index in [1.165, 1.54) is 0 Å². The number of nitrogens with zero attached hydrogens (tertiary/aromatic N) is 2. The molecule has 1 aliphatic carbocycles. The van der Waals surface area contributed by atoms with Crippen LogP contribution in [-0.2, 0) is 5.60 Å². The SMILES string of the molecule is Nc1ccc(-n2ccnc2)c(C2(O)CCC(F)(F)CC2)c1. The third-order valence-corrected chi connectivity index (χ3v) is 4.11. The third kappa shape index (κ3) is 2.63. The highest BCUT2D eigenvalue weighted by Crippen LogP contribution is 2.45. The van der Waals surface area contributed by atoms with Gasteiger partial charge in [-0.3, -0.25) is 0 Å². The molecule has 0 amide bonds. The number of nitrogen functional groups attached to an aromatic ring is 1. The average Bonchev–Trinajstić information content (AvgIpc) is 2.96. The van der Waals surface area contributed by atoms with Crippen molar-refractivity contribution in [1.82, 2.24) is 9.55 Å². The fraction of sp³-hybridized carbons (Fsp3) is 0.400. The molecule has 0 unspecified atom stereocenters. The lowest BCUT2D eigenvalue weighted by atomic mass is 9.77. The minimum atomic E-state index is -2.69. The fourth-order valence-corrected chi connectivity index (χ4v) is 2.85. The molecule has 0 spiro atoms. The summed E-state index contributed by atoms with van der Waals surface area (Å²) in [6, 6.07) is 5.16. The summed E-state index contributed by atoms with van der Waals surface area (Å²) in [5, 5.41) is 10.9. The third-order valence-electron chi connectivity index (χ3n) is 4.11. The van der Waals surface area contributed by atoms with Crippen LogP contribution in [0.5, 0.6) is 0 Å². The van der Waals surface area contributed by atoms with Gasteiger partial charge in [-0.05, 0) is 31.0 Å². The van der Waals surface area contributed by atoms with Crippen LogP contribution in [0.2, 0.25) is 0 Å². The molecular formula is C15H17F2N3O. The van der Waals surface area contributed by atoms with Crippen molar-refractivity contribution in [3.63, 3.8) is 0 Å². The van der Waals surface area contributed by atoms with E-state index in [2.05, 4.69) is 4.98 Å².